The zero-order chi connectivity index (χ0) is 19.3. The number of hydrogen-bond acceptors (Lipinski definition) is 5. The summed E-state index contributed by atoms with van der Waals surface area (Å²) >= 11 is 1.43. The van der Waals surface area contributed by atoms with Crippen molar-refractivity contribution in [3.63, 3.8) is 0 Å². The summed E-state index contributed by atoms with van der Waals surface area (Å²) in [6, 6.07) is 5.78. The second-order valence-electron chi connectivity index (χ2n) is 7.53. The van der Waals surface area contributed by atoms with Crippen LogP contribution in [0.4, 0.5) is 5.82 Å². The molecular weight excluding hydrogens is 376 g/mol. The molecule has 1 aliphatic carbocycles. The standard InChI is InChI=1S/C20H20N4O3S/c25-10-12-6-24(7-12)20(27)16-5-15(11-28-16)14-3-4-18-21-17(9-23(18)8-14)22-19(26)13-1-2-13/h3-5,8-9,11-13,25H,1-2,6-7,10H2,(H,22,26). The molecular formula is C20H20N4O3S. The molecule has 7 nitrogen and oxygen atoms in total. The number of carbonyl (C=O) groups excluding carboxylic acids is 2. The monoisotopic (exact) mass is 396 g/mol. The number of anilines is 1. The number of aromatic nitrogens is 2. The highest BCUT2D eigenvalue weighted by Crippen LogP contribution is 2.31. The molecule has 4 heterocycles. The summed E-state index contributed by atoms with van der Waals surface area (Å²) in [7, 11) is 0. The van der Waals surface area contributed by atoms with Crippen molar-refractivity contribution >= 4 is 34.6 Å². The van der Waals surface area contributed by atoms with Crippen molar-refractivity contribution in [2.24, 2.45) is 11.8 Å². The molecule has 0 aromatic carbocycles. The Kier molecular flexibility index (Phi) is 4.17. The Morgan fingerprint density at radius 2 is 2.04 bits per heavy atom. The molecule has 3 aromatic rings. The normalized spacial score (nSPS) is 17.0. The number of hydrogen-bond donors (Lipinski definition) is 2. The van der Waals surface area contributed by atoms with Crippen LogP contribution >= 0.6 is 11.3 Å². The fraction of sp³-hybridized carbons (Fsp3) is 0.350. The van der Waals surface area contributed by atoms with Gasteiger partial charge in [0, 0.05) is 37.7 Å². The number of likely N-dealkylation sites (tertiary alicyclic amines) is 1. The van der Waals surface area contributed by atoms with E-state index in [0.717, 1.165) is 29.6 Å². The van der Waals surface area contributed by atoms with Crippen molar-refractivity contribution in [1.82, 2.24) is 14.3 Å². The molecule has 28 heavy (non-hydrogen) atoms. The highest BCUT2D eigenvalue weighted by Gasteiger charge is 2.31. The number of fused-ring (bicyclic) bond motifs is 1. The number of nitrogens with one attached hydrogen (secondary N) is 1. The number of nitrogens with zero attached hydrogens (tertiary/aromatic N) is 3. The molecule has 0 spiro atoms. The fourth-order valence-electron chi connectivity index (χ4n) is 3.40. The molecule has 0 bridgehead atoms. The number of amides is 2. The fourth-order valence-corrected chi connectivity index (χ4v) is 4.29. The van der Waals surface area contributed by atoms with Gasteiger partial charge < -0.3 is 19.7 Å². The van der Waals surface area contributed by atoms with Gasteiger partial charge in [0.1, 0.15) is 5.65 Å². The molecule has 0 atom stereocenters. The van der Waals surface area contributed by atoms with E-state index in [0.29, 0.717) is 23.8 Å². The van der Waals surface area contributed by atoms with Crippen molar-refractivity contribution in [1.29, 1.82) is 0 Å². The first-order chi connectivity index (χ1) is 13.6. The molecule has 144 valence electrons. The Morgan fingerprint density at radius 1 is 1.21 bits per heavy atom. The second kappa shape index (κ2) is 6.72. The molecule has 1 saturated carbocycles. The van der Waals surface area contributed by atoms with Crippen LogP contribution in [0.15, 0.2) is 36.0 Å². The number of pyridine rings is 1. The average molecular weight is 396 g/mol. The number of imidazole rings is 1. The van der Waals surface area contributed by atoms with E-state index in [1.54, 1.807) is 4.90 Å². The molecule has 1 aliphatic heterocycles. The molecule has 8 heteroatoms. The summed E-state index contributed by atoms with van der Waals surface area (Å²) in [6.07, 6.45) is 5.69. The molecule has 2 aliphatic rings. The molecule has 2 fully saturated rings. The van der Waals surface area contributed by atoms with Crippen LogP contribution in [0, 0.1) is 11.8 Å². The lowest BCUT2D eigenvalue weighted by Gasteiger charge is -2.37. The quantitative estimate of drug-likeness (QED) is 0.694. The molecule has 1 saturated heterocycles. The van der Waals surface area contributed by atoms with E-state index >= 15 is 0 Å². The van der Waals surface area contributed by atoms with Crippen LogP contribution in [0.25, 0.3) is 16.8 Å². The van der Waals surface area contributed by atoms with E-state index < -0.39 is 0 Å². The third-order valence-electron chi connectivity index (χ3n) is 5.30. The minimum absolute atomic E-state index is 0.0229. The summed E-state index contributed by atoms with van der Waals surface area (Å²) in [4.78, 5) is 31.3. The topological polar surface area (TPSA) is 86.9 Å². The van der Waals surface area contributed by atoms with Gasteiger partial charge in [0.05, 0.1) is 11.1 Å². The summed E-state index contributed by atoms with van der Waals surface area (Å²) in [5.74, 6) is 0.975. The lowest BCUT2D eigenvalue weighted by Crippen LogP contribution is -2.51. The highest BCUT2D eigenvalue weighted by molar-refractivity contribution is 7.12. The summed E-state index contributed by atoms with van der Waals surface area (Å²) < 4.78 is 1.89. The third kappa shape index (κ3) is 3.18. The van der Waals surface area contributed by atoms with E-state index in [1.807, 2.05) is 40.4 Å². The molecule has 0 unspecified atom stereocenters. The molecule has 3 aromatic heterocycles. The third-order valence-corrected chi connectivity index (χ3v) is 6.21. The van der Waals surface area contributed by atoms with Crippen molar-refractivity contribution in [2.45, 2.75) is 12.8 Å². The van der Waals surface area contributed by atoms with Gasteiger partial charge in [-0.05, 0) is 47.5 Å². The Morgan fingerprint density at radius 3 is 2.79 bits per heavy atom. The van der Waals surface area contributed by atoms with Crippen molar-refractivity contribution in [3.8, 4) is 11.1 Å². The van der Waals surface area contributed by atoms with Crippen LogP contribution in [0.5, 0.6) is 0 Å². The maximum Gasteiger partial charge on any atom is 0.263 e. The Bertz CT molecular complexity index is 1060. The van der Waals surface area contributed by atoms with Crippen molar-refractivity contribution < 1.29 is 14.7 Å². The number of aliphatic hydroxyl groups excluding tert-OH is 1. The zero-order valence-electron chi connectivity index (χ0n) is 15.2. The van der Waals surface area contributed by atoms with Crippen molar-refractivity contribution in [3.05, 3.63) is 40.8 Å². The summed E-state index contributed by atoms with van der Waals surface area (Å²) in [5, 5.41) is 14.0. The Hall–Kier alpha value is -2.71. The number of rotatable bonds is 5. The van der Waals surface area contributed by atoms with Gasteiger partial charge in [-0.3, -0.25) is 9.59 Å². The van der Waals surface area contributed by atoms with Gasteiger partial charge in [0.25, 0.3) is 5.91 Å². The highest BCUT2D eigenvalue weighted by atomic mass is 32.1. The van der Waals surface area contributed by atoms with Crippen LogP contribution < -0.4 is 5.32 Å². The SMILES string of the molecule is O=C(Nc1cn2cc(-c3csc(C(=O)N4CC(CO)C4)c3)ccc2n1)C1CC1. The molecule has 2 amide bonds. The summed E-state index contributed by atoms with van der Waals surface area (Å²) in [5.41, 5.74) is 2.72. The second-order valence-corrected chi connectivity index (χ2v) is 8.44. The minimum Gasteiger partial charge on any atom is -0.396 e. The maximum atomic E-state index is 12.5. The predicted octanol–water partition coefficient (Wildman–Crippen LogP) is 2.48. The van der Waals surface area contributed by atoms with E-state index in [2.05, 4.69) is 10.3 Å². The van der Waals surface area contributed by atoms with Gasteiger partial charge in [0.2, 0.25) is 5.91 Å². The smallest absolute Gasteiger partial charge is 0.263 e. The van der Waals surface area contributed by atoms with Gasteiger partial charge in [-0.25, -0.2) is 4.98 Å². The van der Waals surface area contributed by atoms with Gasteiger partial charge in [0.15, 0.2) is 5.82 Å². The van der Waals surface area contributed by atoms with Crippen LogP contribution in [0.1, 0.15) is 22.5 Å². The van der Waals surface area contributed by atoms with Gasteiger partial charge in [-0.2, -0.15) is 0 Å². The molecule has 2 N–H and O–H groups in total. The van der Waals surface area contributed by atoms with Crippen LogP contribution in [0.2, 0.25) is 0 Å². The van der Waals surface area contributed by atoms with Crippen LogP contribution in [-0.4, -0.2) is 50.9 Å². The Labute approximate surface area is 165 Å². The lowest BCUT2D eigenvalue weighted by atomic mass is 10.0. The first-order valence-corrected chi connectivity index (χ1v) is 10.3. The first kappa shape index (κ1) is 17.4. The number of carbonyl (C=O) groups is 2. The van der Waals surface area contributed by atoms with E-state index in [1.165, 1.54) is 11.3 Å². The Balaban J connectivity index is 1.34. The number of thiophene rings is 1. The molecule has 0 radical (unpaired) electrons. The van der Waals surface area contributed by atoms with Crippen LogP contribution in [-0.2, 0) is 4.79 Å². The number of aliphatic hydroxyl groups is 1. The lowest BCUT2D eigenvalue weighted by molar-refractivity contribution is -0.117. The van der Waals surface area contributed by atoms with E-state index in [9.17, 15) is 9.59 Å². The van der Waals surface area contributed by atoms with Gasteiger partial charge >= 0.3 is 0 Å². The first-order valence-electron chi connectivity index (χ1n) is 9.39. The largest absolute Gasteiger partial charge is 0.396 e. The average Bonchev–Trinajstić information content (AvgIpc) is 3.25. The van der Waals surface area contributed by atoms with E-state index in [4.69, 9.17) is 5.11 Å². The maximum absolute atomic E-state index is 12.5. The zero-order valence-corrected chi connectivity index (χ0v) is 16.0. The van der Waals surface area contributed by atoms with Gasteiger partial charge in [-0.15, -0.1) is 11.3 Å². The molecule has 5 rings (SSSR count). The predicted molar refractivity (Wildman–Crippen MR) is 106 cm³/mol. The minimum atomic E-state index is 0.0229. The van der Waals surface area contributed by atoms with Crippen LogP contribution in [0.3, 0.4) is 0 Å². The van der Waals surface area contributed by atoms with E-state index in [-0.39, 0.29) is 30.3 Å². The van der Waals surface area contributed by atoms with Crippen molar-refractivity contribution in [2.75, 3.05) is 25.0 Å². The van der Waals surface area contributed by atoms with Gasteiger partial charge in [-0.1, -0.05) is 0 Å². The summed E-state index contributed by atoms with van der Waals surface area (Å²) in [6.45, 7) is 1.38.